The number of hydrogen-bond donors (Lipinski definition) is 0. The van der Waals surface area contributed by atoms with Crippen LogP contribution < -0.4 is 0 Å². The van der Waals surface area contributed by atoms with Crippen LogP contribution in [0.4, 0.5) is 0 Å². The van der Waals surface area contributed by atoms with Gasteiger partial charge in [0.15, 0.2) is 0 Å². The van der Waals surface area contributed by atoms with Crippen LogP contribution in [0.2, 0.25) is 6.04 Å². The summed E-state index contributed by atoms with van der Waals surface area (Å²) in [5.74, 6) is 1.53. The maximum Gasteiger partial charge on any atom is 0.500 e. The molecule has 0 aromatic rings. The zero-order valence-electron chi connectivity index (χ0n) is 16.3. The number of carbonyl (C=O) groups is 1. The van der Waals surface area contributed by atoms with Gasteiger partial charge in [-0.05, 0) is 39.6 Å². The maximum atomic E-state index is 12.2. The number of likely N-dealkylation sites (N-methyl/N-ethyl adjacent to an activating group) is 1. The fourth-order valence-electron chi connectivity index (χ4n) is 1.98. The second kappa shape index (κ2) is 12.3. The predicted molar refractivity (Wildman–Crippen MR) is 101 cm³/mol. The molecule has 0 saturated heterocycles. The molecule has 0 saturated carbocycles. The Morgan fingerprint density at radius 1 is 1.17 bits per heavy atom. The van der Waals surface area contributed by atoms with Gasteiger partial charge in [-0.15, -0.1) is 0 Å². The van der Waals surface area contributed by atoms with Crippen molar-refractivity contribution in [2.75, 3.05) is 59.6 Å². The third kappa shape index (κ3) is 8.82. The Bertz CT molecular complexity index is 345. The van der Waals surface area contributed by atoms with Crippen LogP contribution in [0.15, 0.2) is 0 Å². The van der Waals surface area contributed by atoms with Gasteiger partial charge in [-0.3, -0.25) is 4.79 Å². The molecule has 0 heterocycles. The van der Waals surface area contributed by atoms with Crippen molar-refractivity contribution < 1.29 is 22.8 Å². The van der Waals surface area contributed by atoms with E-state index in [0.717, 1.165) is 37.1 Å². The van der Waals surface area contributed by atoms with Crippen molar-refractivity contribution in [1.82, 2.24) is 4.90 Å². The fourth-order valence-corrected chi connectivity index (χ4v) is 5.08. The molecular weight excluding hydrogens is 346 g/mol. The Morgan fingerprint density at radius 2 is 1.75 bits per heavy atom. The summed E-state index contributed by atoms with van der Waals surface area (Å²) in [5, 5.41) is 0. The second-order valence-electron chi connectivity index (χ2n) is 6.37. The van der Waals surface area contributed by atoms with Gasteiger partial charge in [0.2, 0.25) is 0 Å². The van der Waals surface area contributed by atoms with Crippen LogP contribution in [0.5, 0.6) is 0 Å². The highest BCUT2D eigenvalue weighted by atomic mass is 32.2. The van der Waals surface area contributed by atoms with E-state index >= 15 is 0 Å². The van der Waals surface area contributed by atoms with Crippen LogP contribution in [-0.4, -0.2) is 79.3 Å². The molecule has 0 amide bonds. The van der Waals surface area contributed by atoms with Gasteiger partial charge < -0.3 is 22.9 Å². The molecule has 8 heteroatoms. The molecule has 0 aromatic carbocycles. The van der Waals surface area contributed by atoms with Crippen LogP contribution in [-0.2, 0) is 22.8 Å². The number of thioether (sulfide) groups is 1. The molecule has 0 N–H and O–H groups in total. The minimum Gasteiger partial charge on any atom is -0.464 e. The normalized spacial score (nSPS) is 12.7. The summed E-state index contributed by atoms with van der Waals surface area (Å²) in [5.41, 5.74) is -0.478. The Balaban J connectivity index is 4.04. The van der Waals surface area contributed by atoms with Gasteiger partial charge in [0.05, 0.1) is 5.41 Å². The lowest BCUT2D eigenvalue weighted by atomic mass is 9.97. The van der Waals surface area contributed by atoms with E-state index in [9.17, 15) is 4.79 Å². The Labute approximate surface area is 152 Å². The van der Waals surface area contributed by atoms with Gasteiger partial charge in [0.25, 0.3) is 0 Å². The molecule has 0 fully saturated rings. The number of rotatable bonds is 14. The smallest absolute Gasteiger partial charge is 0.464 e. The van der Waals surface area contributed by atoms with Crippen molar-refractivity contribution >= 4 is 26.5 Å². The van der Waals surface area contributed by atoms with E-state index in [-0.39, 0.29) is 5.97 Å². The topological polar surface area (TPSA) is 57.2 Å². The molecule has 0 aliphatic carbocycles. The predicted octanol–water partition coefficient (Wildman–Crippen LogP) is 2.51. The van der Waals surface area contributed by atoms with Crippen LogP contribution in [0.3, 0.4) is 0 Å². The molecule has 6 nitrogen and oxygen atoms in total. The Kier molecular flexibility index (Phi) is 12.2. The fraction of sp³-hybridized carbons (Fsp3) is 0.938. The molecule has 0 aliphatic heterocycles. The van der Waals surface area contributed by atoms with E-state index in [2.05, 4.69) is 11.8 Å². The van der Waals surface area contributed by atoms with Crippen molar-refractivity contribution in [2.24, 2.45) is 5.41 Å². The molecule has 0 bridgehead atoms. The summed E-state index contributed by atoms with van der Waals surface area (Å²) in [7, 11) is 4.41. The number of esters is 1. The average molecular weight is 382 g/mol. The highest BCUT2D eigenvalue weighted by Gasteiger charge is 2.37. The van der Waals surface area contributed by atoms with Gasteiger partial charge in [-0.1, -0.05) is 6.92 Å². The molecule has 0 aliphatic rings. The first kappa shape index (κ1) is 23.9. The Hall–Kier alpha value is -0.123. The quantitative estimate of drug-likeness (QED) is 0.260. The van der Waals surface area contributed by atoms with Crippen LogP contribution in [0.1, 0.15) is 27.2 Å². The van der Waals surface area contributed by atoms with Crippen molar-refractivity contribution in [3.05, 3.63) is 0 Å². The first-order chi connectivity index (χ1) is 11.3. The number of carbonyl (C=O) groups excluding carboxylic acids is 1. The third-order valence-electron chi connectivity index (χ3n) is 3.97. The average Bonchev–Trinajstić information content (AvgIpc) is 2.58. The highest BCUT2D eigenvalue weighted by molar-refractivity contribution is 7.99. The molecular formula is C16H35NO5SSi. The van der Waals surface area contributed by atoms with E-state index in [1.54, 1.807) is 33.1 Å². The number of ether oxygens (including phenoxy) is 1. The summed E-state index contributed by atoms with van der Waals surface area (Å²) in [6.07, 6.45) is 0.929. The maximum absolute atomic E-state index is 12.2. The van der Waals surface area contributed by atoms with Crippen LogP contribution in [0, 0.1) is 5.41 Å². The summed E-state index contributed by atoms with van der Waals surface area (Å²) in [6.45, 7) is 8.11. The van der Waals surface area contributed by atoms with Crippen molar-refractivity contribution in [3.63, 3.8) is 0 Å². The van der Waals surface area contributed by atoms with E-state index < -0.39 is 14.2 Å². The summed E-state index contributed by atoms with van der Waals surface area (Å²) >= 11 is 1.75. The molecule has 144 valence electrons. The molecule has 0 radical (unpaired) electrons. The van der Waals surface area contributed by atoms with E-state index in [1.165, 1.54) is 0 Å². The standard InChI is InChI=1S/C16H35NO5SSi/c1-8-17(4)10-11-22-15(18)16(2,3)14-23-12-9-13-24(19-5,20-6)21-7/h8-14H2,1-7H3. The molecule has 0 unspecified atom stereocenters. The minimum absolute atomic E-state index is 0.131. The first-order valence-electron chi connectivity index (χ1n) is 8.36. The largest absolute Gasteiger partial charge is 0.500 e. The number of hydrogen-bond acceptors (Lipinski definition) is 7. The monoisotopic (exact) mass is 381 g/mol. The lowest BCUT2D eigenvalue weighted by Crippen LogP contribution is -2.42. The molecule has 24 heavy (non-hydrogen) atoms. The third-order valence-corrected chi connectivity index (χ3v) is 8.30. The summed E-state index contributed by atoms with van der Waals surface area (Å²) in [6, 6.07) is 0.776. The van der Waals surface area contributed by atoms with Crippen LogP contribution >= 0.6 is 11.8 Å². The van der Waals surface area contributed by atoms with E-state index in [0.29, 0.717) is 6.61 Å². The second-order valence-corrected chi connectivity index (χ2v) is 10.6. The molecule has 0 spiro atoms. The zero-order chi connectivity index (χ0) is 18.6. The molecule has 0 atom stereocenters. The van der Waals surface area contributed by atoms with Gasteiger partial charge in [-0.2, -0.15) is 11.8 Å². The first-order valence-corrected chi connectivity index (χ1v) is 11.4. The lowest BCUT2D eigenvalue weighted by Gasteiger charge is -2.25. The van der Waals surface area contributed by atoms with Gasteiger partial charge in [-0.25, -0.2) is 0 Å². The van der Waals surface area contributed by atoms with E-state index in [1.807, 2.05) is 20.9 Å². The van der Waals surface area contributed by atoms with Crippen LogP contribution in [0.25, 0.3) is 0 Å². The van der Waals surface area contributed by atoms with E-state index in [4.69, 9.17) is 18.0 Å². The Morgan fingerprint density at radius 3 is 2.25 bits per heavy atom. The SMILES string of the molecule is CCN(C)CCOC(=O)C(C)(C)CSCCC[Si](OC)(OC)OC. The van der Waals surface area contributed by atoms with Crippen molar-refractivity contribution in [1.29, 1.82) is 0 Å². The zero-order valence-corrected chi connectivity index (χ0v) is 18.2. The lowest BCUT2D eigenvalue weighted by molar-refractivity contribution is -0.152. The summed E-state index contributed by atoms with van der Waals surface area (Å²) in [4.78, 5) is 14.3. The van der Waals surface area contributed by atoms with Crippen molar-refractivity contribution in [2.45, 2.75) is 33.2 Å². The highest BCUT2D eigenvalue weighted by Crippen LogP contribution is 2.25. The number of nitrogens with zero attached hydrogens (tertiary/aromatic N) is 1. The van der Waals surface area contributed by atoms with Gasteiger partial charge in [0, 0.05) is 39.7 Å². The van der Waals surface area contributed by atoms with Crippen molar-refractivity contribution in [3.8, 4) is 0 Å². The van der Waals surface area contributed by atoms with Gasteiger partial charge in [0.1, 0.15) is 6.61 Å². The minimum atomic E-state index is -2.48. The van der Waals surface area contributed by atoms with Gasteiger partial charge >= 0.3 is 14.8 Å². The summed E-state index contributed by atoms with van der Waals surface area (Å²) < 4.78 is 21.6. The molecule has 0 rings (SSSR count). The molecule has 0 aromatic heterocycles.